The van der Waals surface area contributed by atoms with E-state index in [1.54, 1.807) is 6.07 Å². The Labute approximate surface area is 132 Å². The number of hydrogen-bond donors (Lipinski definition) is 1. The summed E-state index contributed by atoms with van der Waals surface area (Å²) in [5, 5.41) is 2.89. The van der Waals surface area contributed by atoms with E-state index in [0.717, 1.165) is 17.5 Å². The third-order valence-corrected chi connectivity index (χ3v) is 3.86. The highest BCUT2D eigenvalue weighted by atomic mass is 79.9. The molecule has 2 nitrogen and oxygen atoms in total. The third-order valence-electron chi connectivity index (χ3n) is 3.37. The molecule has 1 N–H and O–H groups in total. The van der Waals surface area contributed by atoms with E-state index in [4.69, 9.17) is 0 Å². The van der Waals surface area contributed by atoms with Crippen molar-refractivity contribution in [3.63, 3.8) is 0 Å². The van der Waals surface area contributed by atoms with Gasteiger partial charge in [0.05, 0.1) is 11.6 Å². The topological polar surface area (TPSA) is 29.1 Å². The minimum absolute atomic E-state index is 0.0509. The first-order valence-electron chi connectivity index (χ1n) is 6.83. The Morgan fingerprint density at radius 1 is 1.24 bits per heavy atom. The van der Waals surface area contributed by atoms with Crippen LogP contribution in [0.2, 0.25) is 0 Å². The van der Waals surface area contributed by atoms with Gasteiger partial charge in [-0.05, 0) is 37.1 Å². The van der Waals surface area contributed by atoms with Crippen LogP contribution in [0, 0.1) is 12.7 Å². The van der Waals surface area contributed by atoms with E-state index < -0.39 is 11.7 Å². The largest absolute Gasteiger partial charge is 0.345 e. The lowest BCUT2D eigenvalue weighted by atomic mass is 10.0. The van der Waals surface area contributed by atoms with E-state index in [2.05, 4.69) is 21.2 Å². The van der Waals surface area contributed by atoms with Crippen molar-refractivity contribution in [1.29, 1.82) is 0 Å². The molecule has 0 spiro atoms. The minimum atomic E-state index is -0.519. The molecule has 0 saturated heterocycles. The maximum Gasteiger partial charge on any atom is 0.254 e. The molecule has 0 aromatic heterocycles. The van der Waals surface area contributed by atoms with E-state index in [9.17, 15) is 9.18 Å². The molecule has 0 aliphatic carbocycles. The molecule has 1 amide bonds. The lowest BCUT2D eigenvalue weighted by molar-refractivity contribution is 0.0931. The summed E-state index contributed by atoms with van der Waals surface area (Å²) < 4.78 is 14.4. The van der Waals surface area contributed by atoms with Crippen LogP contribution in [0.4, 0.5) is 4.39 Å². The average molecular weight is 350 g/mol. The predicted molar refractivity (Wildman–Crippen MR) is 85.8 cm³/mol. The molecular weight excluding hydrogens is 333 g/mol. The predicted octanol–water partition coefficient (Wildman–Crippen LogP) is 4.78. The molecule has 0 fully saturated rings. The van der Waals surface area contributed by atoms with Crippen molar-refractivity contribution in [2.75, 3.05) is 0 Å². The van der Waals surface area contributed by atoms with Crippen LogP contribution in [0.1, 0.15) is 40.9 Å². The Kier molecular flexibility index (Phi) is 5.12. The van der Waals surface area contributed by atoms with E-state index in [1.165, 1.54) is 12.1 Å². The molecule has 1 atom stereocenters. The fourth-order valence-electron chi connectivity index (χ4n) is 2.13. The molecule has 0 aliphatic rings. The molecule has 110 valence electrons. The highest BCUT2D eigenvalue weighted by molar-refractivity contribution is 9.10. The van der Waals surface area contributed by atoms with E-state index >= 15 is 0 Å². The van der Waals surface area contributed by atoms with Crippen LogP contribution in [-0.4, -0.2) is 5.91 Å². The van der Waals surface area contributed by atoms with Gasteiger partial charge in [-0.25, -0.2) is 4.39 Å². The summed E-state index contributed by atoms with van der Waals surface area (Å²) in [5.74, 6) is -0.921. The van der Waals surface area contributed by atoms with Gasteiger partial charge >= 0.3 is 0 Å². The van der Waals surface area contributed by atoms with Gasteiger partial charge in [0.15, 0.2) is 0 Å². The molecule has 4 heteroatoms. The summed E-state index contributed by atoms with van der Waals surface area (Å²) in [6.07, 6.45) is 0.740. The number of halogens is 2. The van der Waals surface area contributed by atoms with Crippen molar-refractivity contribution < 1.29 is 9.18 Å². The summed E-state index contributed by atoms with van der Waals surface area (Å²) in [5.41, 5.74) is 2.24. The standard InChI is InChI=1S/C17H17BrFNO/c1-3-16(12-6-4-11(2)5-7-12)20-17(21)14-10-13(18)8-9-15(14)19/h4-10,16H,3H2,1-2H3,(H,20,21). The first kappa shape index (κ1) is 15.7. The number of nitrogens with one attached hydrogen (secondary N) is 1. The monoisotopic (exact) mass is 349 g/mol. The lowest BCUT2D eigenvalue weighted by Crippen LogP contribution is -2.28. The molecule has 0 heterocycles. The Hall–Kier alpha value is -1.68. The van der Waals surface area contributed by atoms with Gasteiger partial charge in [-0.15, -0.1) is 0 Å². The van der Waals surface area contributed by atoms with E-state index in [0.29, 0.717) is 4.47 Å². The second-order valence-electron chi connectivity index (χ2n) is 4.97. The van der Waals surface area contributed by atoms with Crippen LogP contribution >= 0.6 is 15.9 Å². The summed E-state index contributed by atoms with van der Waals surface area (Å²) >= 11 is 3.25. The smallest absolute Gasteiger partial charge is 0.254 e. The van der Waals surface area contributed by atoms with Crippen molar-refractivity contribution in [2.45, 2.75) is 26.3 Å². The van der Waals surface area contributed by atoms with Crippen LogP contribution in [0.5, 0.6) is 0 Å². The van der Waals surface area contributed by atoms with Crippen LogP contribution in [0.25, 0.3) is 0 Å². The third kappa shape index (κ3) is 3.91. The summed E-state index contributed by atoms with van der Waals surface area (Å²) in [4.78, 5) is 12.3. The van der Waals surface area contributed by atoms with Crippen LogP contribution in [0.15, 0.2) is 46.9 Å². The van der Waals surface area contributed by atoms with Crippen molar-refractivity contribution in [2.24, 2.45) is 0 Å². The van der Waals surface area contributed by atoms with Gasteiger partial charge in [0.1, 0.15) is 5.82 Å². The molecule has 0 saturated carbocycles. The van der Waals surface area contributed by atoms with Gasteiger partial charge in [-0.3, -0.25) is 4.79 Å². The SMILES string of the molecule is CCC(NC(=O)c1cc(Br)ccc1F)c1ccc(C)cc1. The quantitative estimate of drug-likeness (QED) is 0.845. The molecule has 2 rings (SSSR count). The zero-order valence-corrected chi connectivity index (χ0v) is 13.6. The van der Waals surface area contributed by atoms with E-state index in [-0.39, 0.29) is 11.6 Å². The fraction of sp³-hybridized carbons (Fsp3) is 0.235. The van der Waals surface area contributed by atoms with E-state index in [1.807, 2.05) is 38.1 Å². The molecule has 1 unspecified atom stereocenters. The molecule has 21 heavy (non-hydrogen) atoms. The Bertz CT molecular complexity index is 640. The highest BCUT2D eigenvalue weighted by Gasteiger charge is 2.17. The number of benzene rings is 2. The van der Waals surface area contributed by atoms with Crippen molar-refractivity contribution in [3.05, 3.63) is 69.4 Å². The molecular formula is C17H17BrFNO. The van der Waals surface area contributed by atoms with Crippen molar-refractivity contribution in [3.8, 4) is 0 Å². The van der Waals surface area contributed by atoms with Crippen LogP contribution in [-0.2, 0) is 0 Å². The van der Waals surface area contributed by atoms with Gasteiger partial charge in [0, 0.05) is 4.47 Å². The number of rotatable bonds is 4. The maximum atomic E-state index is 13.7. The number of hydrogen-bond acceptors (Lipinski definition) is 1. The van der Waals surface area contributed by atoms with Gasteiger partial charge in [-0.1, -0.05) is 52.7 Å². The molecule has 2 aromatic rings. The average Bonchev–Trinajstić information content (AvgIpc) is 2.48. The molecule has 0 aliphatic heterocycles. The first-order valence-corrected chi connectivity index (χ1v) is 7.63. The van der Waals surface area contributed by atoms with Crippen molar-refractivity contribution in [1.82, 2.24) is 5.32 Å². The maximum absolute atomic E-state index is 13.7. The summed E-state index contributed by atoms with van der Waals surface area (Å²) in [6.45, 7) is 4.00. The van der Waals surface area contributed by atoms with Gasteiger partial charge in [0.2, 0.25) is 0 Å². The Balaban J connectivity index is 2.20. The Morgan fingerprint density at radius 3 is 2.52 bits per heavy atom. The normalized spacial score (nSPS) is 12.0. The molecule has 0 bridgehead atoms. The molecule has 2 aromatic carbocycles. The zero-order valence-electron chi connectivity index (χ0n) is 12.0. The number of amides is 1. The number of carbonyl (C=O) groups is 1. The second-order valence-corrected chi connectivity index (χ2v) is 5.88. The van der Waals surface area contributed by atoms with Crippen LogP contribution < -0.4 is 5.32 Å². The number of aryl methyl sites for hydroxylation is 1. The van der Waals surface area contributed by atoms with Crippen molar-refractivity contribution >= 4 is 21.8 Å². The minimum Gasteiger partial charge on any atom is -0.345 e. The lowest BCUT2D eigenvalue weighted by Gasteiger charge is -2.18. The summed E-state index contributed by atoms with van der Waals surface area (Å²) in [7, 11) is 0. The highest BCUT2D eigenvalue weighted by Crippen LogP contribution is 2.20. The van der Waals surface area contributed by atoms with Gasteiger partial charge < -0.3 is 5.32 Å². The first-order chi connectivity index (χ1) is 10.0. The Morgan fingerprint density at radius 2 is 1.90 bits per heavy atom. The van der Waals surface area contributed by atoms with Gasteiger partial charge in [-0.2, -0.15) is 0 Å². The van der Waals surface area contributed by atoms with Gasteiger partial charge in [0.25, 0.3) is 5.91 Å². The summed E-state index contributed by atoms with van der Waals surface area (Å²) in [6, 6.07) is 12.2. The number of carbonyl (C=O) groups excluding carboxylic acids is 1. The zero-order chi connectivity index (χ0) is 15.4. The fourth-order valence-corrected chi connectivity index (χ4v) is 2.49. The molecule has 0 radical (unpaired) electrons. The van der Waals surface area contributed by atoms with Crippen LogP contribution in [0.3, 0.4) is 0 Å². The second kappa shape index (κ2) is 6.85.